The molecule has 1 aliphatic heterocycles. The number of rotatable bonds is 9. The summed E-state index contributed by atoms with van der Waals surface area (Å²) in [6.45, 7) is 1.72. The van der Waals surface area contributed by atoms with Crippen molar-refractivity contribution in [3.63, 3.8) is 0 Å². The summed E-state index contributed by atoms with van der Waals surface area (Å²) in [5.41, 5.74) is 2.51. The summed E-state index contributed by atoms with van der Waals surface area (Å²) >= 11 is 0. The molecule has 3 aromatic rings. The third-order valence-electron chi connectivity index (χ3n) is 6.11. The Hall–Kier alpha value is -3.87. The normalized spacial score (nSPS) is 16.3. The van der Waals surface area contributed by atoms with E-state index in [0.717, 1.165) is 22.4 Å². The molecule has 1 heterocycles. The van der Waals surface area contributed by atoms with Crippen LogP contribution in [0.15, 0.2) is 66.7 Å². The molecule has 7 heteroatoms. The number of nitrogens with zero attached hydrogens (tertiary/aromatic N) is 1. The highest BCUT2D eigenvalue weighted by Crippen LogP contribution is 2.38. The number of methoxy groups -OCH3 is 1. The van der Waals surface area contributed by atoms with E-state index in [1.165, 1.54) is 11.0 Å². The molecule has 0 saturated heterocycles. The number of amides is 1. The number of hydrogen-bond acceptors (Lipinski definition) is 4. The fourth-order valence-electron chi connectivity index (χ4n) is 4.50. The molecular weight excluding hydrogens is 449 g/mol. The molecule has 4 rings (SSSR count). The van der Waals surface area contributed by atoms with E-state index in [1.807, 2.05) is 37.3 Å². The van der Waals surface area contributed by atoms with Crippen molar-refractivity contribution in [3.8, 4) is 11.5 Å². The molecule has 6 nitrogen and oxygen atoms in total. The lowest BCUT2D eigenvalue weighted by atomic mass is 9.91. The van der Waals surface area contributed by atoms with Gasteiger partial charge in [0.15, 0.2) is 0 Å². The van der Waals surface area contributed by atoms with Crippen molar-refractivity contribution in [2.75, 3.05) is 13.7 Å². The summed E-state index contributed by atoms with van der Waals surface area (Å²) in [5.74, 6) is -0.258. The second-order valence-electron chi connectivity index (χ2n) is 9.11. The van der Waals surface area contributed by atoms with Crippen LogP contribution in [0.2, 0.25) is 0 Å². The van der Waals surface area contributed by atoms with Crippen molar-refractivity contribution in [3.05, 3.63) is 94.8 Å². The molecule has 0 spiro atoms. The Morgan fingerprint density at radius 2 is 1.89 bits per heavy atom. The van der Waals surface area contributed by atoms with Crippen molar-refractivity contribution in [1.82, 2.24) is 4.90 Å². The first-order valence-corrected chi connectivity index (χ1v) is 11.4. The lowest BCUT2D eigenvalue weighted by Crippen LogP contribution is -2.36. The number of benzene rings is 3. The van der Waals surface area contributed by atoms with Gasteiger partial charge in [0.2, 0.25) is 5.91 Å². The standard InChI is InChI=1S/C28H28FNO5/c1-28(15-21-7-3-4-9-24(21)29)16-22-12-19(10-11-25(22)35-28)14-26(31)30(18-27(32)33)17-20-6-5-8-23(13-20)34-2/h3-13H,14-18H2,1-2H3,(H,32,33)/t28-/m1/s1. The van der Waals surface area contributed by atoms with Gasteiger partial charge < -0.3 is 19.5 Å². The van der Waals surface area contributed by atoms with Crippen molar-refractivity contribution >= 4 is 11.9 Å². The summed E-state index contributed by atoms with van der Waals surface area (Å²) in [7, 11) is 1.55. The lowest BCUT2D eigenvalue weighted by Gasteiger charge is -2.24. The zero-order chi connectivity index (χ0) is 25.0. The van der Waals surface area contributed by atoms with E-state index in [2.05, 4.69) is 0 Å². The van der Waals surface area contributed by atoms with Crippen LogP contribution in [0, 0.1) is 5.82 Å². The van der Waals surface area contributed by atoms with Crippen LogP contribution in [-0.2, 0) is 35.4 Å². The van der Waals surface area contributed by atoms with Gasteiger partial charge in [0.05, 0.1) is 13.5 Å². The highest BCUT2D eigenvalue weighted by atomic mass is 19.1. The van der Waals surface area contributed by atoms with E-state index >= 15 is 0 Å². The first-order valence-electron chi connectivity index (χ1n) is 11.4. The van der Waals surface area contributed by atoms with E-state index in [1.54, 1.807) is 37.4 Å². The Kier molecular flexibility index (Phi) is 7.05. The summed E-state index contributed by atoms with van der Waals surface area (Å²) in [6.07, 6.45) is 1.07. The minimum Gasteiger partial charge on any atom is -0.497 e. The number of aliphatic carboxylic acids is 1. The Bertz CT molecular complexity index is 1240. The number of ether oxygens (including phenoxy) is 2. The third kappa shape index (κ3) is 5.98. The molecule has 0 fully saturated rings. The Morgan fingerprint density at radius 1 is 1.09 bits per heavy atom. The Balaban J connectivity index is 1.46. The van der Waals surface area contributed by atoms with Crippen LogP contribution in [0.1, 0.15) is 29.2 Å². The summed E-state index contributed by atoms with van der Waals surface area (Å²) in [4.78, 5) is 25.8. The molecule has 0 aliphatic carbocycles. The largest absolute Gasteiger partial charge is 0.497 e. The molecule has 1 N–H and O–H groups in total. The van der Waals surface area contributed by atoms with Gasteiger partial charge in [-0.1, -0.05) is 42.5 Å². The van der Waals surface area contributed by atoms with Crippen LogP contribution in [0.25, 0.3) is 0 Å². The third-order valence-corrected chi connectivity index (χ3v) is 6.11. The van der Waals surface area contributed by atoms with Gasteiger partial charge in [-0.15, -0.1) is 0 Å². The minimum atomic E-state index is -1.08. The van der Waals surface area contributed by atoms with Gasteiger partial charge in [0.1, 0.15) is 29.5 Å². The van der Waals surface area contributed by atoms with Gasteiger partial charge in [-0.25, -0.2) is 4.39 Å². The zero-order valence-electron chi connectivity index (χ0n) is 19.8. The van der Waals surface area contributed by atoms with Gasteiger partial charge in [-0.3, -0.25) is 9.59 Å². The predicted octanol–water partition coefficient (Wildman–Crippen LogP) is 4.43. The van der Waals surface area contributed by atoms with E-state index in [0.29, 0.717) is 24.2 Å². The van der Waals surface area contributed by atoms with Crippen LogP contribution in [0.5, 0.6) is 11.5 Å². The van der Waals surface area contributed by atoms with Crippen LogP contribution >= 0.6 is 0 Å². The highest BCUT2D eigenvalue weighted by Gasteiger charge is 2.36. The number of hydrogen-bond donors (Lipinski definition) is 1. The molecule has 0 unspecified atom stereocenters. The van der Waals surface area contributed by atoms with Crippen LogP contribution < -0.4 is 9.47 Å². The average Bonchev–Trinajstić information content (AvgIpc) is 3.15. The van der Waals surface area contributed by atoms with Crippen LogP contribution in [-0.4, -0.2) is 41.1 Å². The number of halogens is 1. The SMILES string of the molecule is COc1cccc(CN(CC(=O)O)C(=O)Cc2ccc3c(c2)C[C@@](C)(Cc2ccccc2F)O3)c1. The molecule has 0 aromatic heterocycles. The van der Waals surface area contributed by atoms with Crippen molar-refractivity contribution in [1.29, 1.82) is 0 Å². The second kappa shape index (κ2) is 10.2. The zero-order valence-corrected chi connectivity index (χ0v) is 19.8. The van der Waals surface area contributed by atoms with Crippen molar-refractivity contribution < 1.29 is 28.6 Å². The number of carboxylic acid groups (broad SMARTS) is 1. The maximum Gasteiger partial charge on any atom is 0.323 e. The molecule has 3 aromatic carbocycles. The van der Waals surface area contributed by atoms with Gasteiger partial charge >= 0.3 is 5.97 Å². The molecule has 0 bridgehead atoms. The maximum atomic E-state index is 14.2. The van der Waals surface area contributed by atoms with Gasteiger partial charge in [0.25, 0.3) is 0 Å². The number of carbonyl (C=O) groups is 2. The topological polar surface area (TPSA) is 76.1 Å². The summed E-state index contributed by atoms with van der Waals surface area (Å²) in [6, 6.07) is 19.4. The van der Waals surface area contributed by atoms with E-state index in [9.17, 15) is 19.1 Å². The first-order chi connectivity index (χ1) is 16.7. The van der Waals surface area contributed by atoms with Crippen LogP contribution in [0.3, 0.4) is 0 Å². The highest BCUT2D eigenvalue weighted by molar-refractivity contribution is 5.83. The summed E-state index contributed by atoms with van der Waals surface area (Å²) < 4.78 is 25.6. The van der Waals surface area contributed by atoms with Gasteiger partial charge in [0, 0.05) is 19.4 Å². The van der Waals surface area contributed by atoms with Gasteiger partial charge in [-0.2, -0.15) is 0 Å². The monoisotopic (exact) mass is 477 g/mol. The van der Waals surface area contributed by atoms with Crippen LogP contribution in [0.4, 0.5) is 4.39 Å². The molecule has 182 valence electrons. The molecule has 1 atom stereocenters. The van der Waals surface area contributed by atoms with E-state index < -0.39 is 18.1 Å². The Labute approximate surface area is 203 Å². The van der Waals surface area contributed by atoms with Gasteiger partial charge in [-0.05, 0) is 53.4 Å². The fraction of sp³-hybridized carbons (Fsp3) is 0.286. The predicted molar refractivity (Wildman–Crippen MR) is 129 cm³/mol. The molecule has 1 amide bonds. The smallest absolute Gasteiger partial charge is 0.323 e. The molecule has 0 saturated carbocycles. The molecule has 35 heavy (non-hydrogen) atoms. The molecule has 0 radical (unpaired) electrons. The minimum absolute atomic E-state index is 0.0640. The second-order valence-corrected chi connectivity index (χ2v) is 9.11. The average molecular weight is 478 g/mol. The quantitative estimate of drug-likeness (QED) is 0.494. The van der Waals surface area contributed by atoms with E-state index in [-0.39, 0.29) is 24.7 Å². The van der Waals surface area contributed by atoms with Crippen molar-refractivity contribution in [2.45, 2.75) is 38.3 Å². The summed E-state index contributed by atoms with van der Waals surface area (Å²) in [5, 5.41) is 9.34. The van der Waals surface area contributed by atoms with E-state index in [4.69, 9.17) is 9.47 Å². The molecular formula is C28H28FNO5. The fourth-order valence-corrected chi connectivity index (χ4v) is 4.50. The number of fused-ring (bicyclic) bond motifs is 1. The maximum absolute atomic E-state index is 14.2. The number of carbonyl (C=O) groups excluding carboxylic acids is 1. The number of carboxylic acids is 1. The lowest BCUT2D eigenvalue weighted by molar-refractivity contribution is -0.144. The van der Waals surface area contributed by atoms with Crippen molar-refractivity contribution in [2.24, 2.45) is 0 Å². The first kappa shape index (κ1) is 24.3. The molecule has 1 aliphatic rings. The Morgan fingerprint density at radius 3 is 2.63 bits per heavy atom.